The van der Waals surface area contributed by atoms with Gasteiger partial charge in [-0.15, -0.1) is 0 Å². The van der Waals surface area contributed by atoms with Crippen molar-refractivity contribution < 1.29 is 80.2 Å². The quantitative estimate of drug-likeness (QED) is 0.0222. The van der Waals surface area contributed by atoms with Crippen LogP contribution in [0.15, 0.2) is 0 Å². The molecule has 0 heterocycles. The van der Waals surface area contributed by atoms with Gasteiger partial charge in [0.1, 0.15) is 19.3 Å². The first-order valence-electron chi connectivity index (χ1n) is 42.6. The van der Waals surface area contributed by atoms with Crippen LogP contribution in [0.2, 0.25) is 0 Å². The Kier molecular flexibility index (Phi) is 73.5. The van der Waals surface area contributed by atoms with Crippen LogP contribution in [0.3, 0.4) is 0 Å². The van der Waals surface area contributed by atoms with Gasteiger partial charge in [0.2, 0.25) is 0 Å². The Morgan fingerprint density at radius 1 is 0.267 bits per heavy atom. The fraction of sp³-hybridized carbons (Fsp3) is 0.951. The Balaban J connectivity index is 5.17. The van der Waals surface area contributed by atoms with E-state index in [4.69, 9.17) is 37.0 Å². The van der Waals surface area contributed by atoms with Crippen molar-refractivity contribution >= 4 is 39.5 Å². The molecule has 0 saturated carbocycles. The summed E-state index contributed by atoms with van der Waals surface area (Å²) in [6, 6.07) is 0. The molecule has 0 aliphatic carbocycles. The SMILES string of the molecule is CCCCCCCCCCCCCCCCCCCCCCC(=O)OC[C@H](COP(=O)(O)OC[C@@H](O)COP(=O)(O)OC[C@@H](COC(=O)CCCCCCCCCC)OC(=O)CCCCCCCCCCCCCC)OC(=O)CCCCCCCCCCCCCCCCCCCCC(C)C. The molecule has 0 aromatic rings. The maximum atomic E-state index is 13.1. The number of unbranched alkanes of at least 4 members (excludes halogenated alkanes) is 54. The molecule has 5 atom stereocenters. The third-order valence-corrected chi connectivity index (χ3v) is 21.2. The zero-order valence-corrected chi connectivity index (χ0v) is 67.8. The lowest BCUT2D eigenvalue weighted by molar-refractivity contribution is -0.161. The molecule has 0 saturated heterocycles. The fourth-order valence-electron chi connectivity index (χ4n) is 12.8. The van der Waals surface area contributed by atoms with Crippen LogP contribution in [0.4, 0.5) is 0 Å². The number of carbonyl (C=O) groups is 4. The summed E-state index contributed by atoms with van der Waals surface area (Å²) < 4.78 is 68.6. The number of esters is 4. The molecule has 3 N–H and O–H groups in total. The summed E-state index contributed by atoms with van der Waals surface area (Å²) in [6.45, 7) is 7.34. The summed E-state index contributed by atoms with van der Waals surface area (Å²) in [5, 5.41) is 10.6. The topological polar surface area (TPSA) is 237 Å². The van der Waals surface area contributed by atoms with E-state index >= 15 is 0 Å². The third-order valence-electron chi connectivity index (χ3n) is 19.3. The van der Waals surface area contributed by atoms with Crippen molar-refractivity contribution in [2.24, 2.45) is 5.92 Å². The summed E-state index contributed by atoms with van der Waals surface area (Å²) in [6.07, 6.45) is 66.8. The smallest absolute Gasteiger partial charge is 0.462 e. The largest absolute Gasteiger partial charge is 0.472 e. The van der Waals surface area contributed by atoms with E-state index in [2.05, 4.69) is 34.6 Å². The lowest BCUT2D eigenvalue weighted by Gasteiger charge is -2.21. The summed E-state index contributed by atoms with van der Waals surface area (Å²) >= 11 is 0. The monoisotopic (exact) mass is 1480 g/mol. The Labute approximate surface area is 619 Å². The minimum absolute atomic E-state index is 0.108. The van der Waals surface area contributed by atoms with Crippen LogP contribution in [0.1, 0.15) is 439 Å². The molecule has 19 heteroatoms. The van der Waals surface area contributed by atoms with Gasteiger partial charge in [-0.05, 0) is 31.6 Å². The highest BCUT2D eigenvalue weighted by Crippen LogP contribution is 2.45. The van der Waals surface area contributed by atoms with Gasteiger partial charge < -0.3 is 33.8 Å². The molecular weight excluding hydrogens is 1320 g/mol. The molecule has 0 rings (SSSR count). The molecule has 0 aromatic carbocycles. The highest BCUT2D eigenvalue weighted by molar-refractivity contribution is 7.47. The third kappa shape index (κ3) is 76.1. The van der Waals surface area contributed by atoms with Crippen LogP contribution < -0.4 is 0 Å². The molecule has 0 fully saturated rings. The van der Waals surface area contributed by atoms with E-state index < -0.39 is 97.5 Å². The van der Waals surface area contributed by atoms with Gasteiger partial charge in [-0.1, -0.05) is 388 Å². The molecule has 101 heavy (non-hydrogen) atoms. The Morgan fingerprint density at radius 3 is 0.673 bits per heavy atom. The molecule has 0 radical (unpaired) electrons. The van der Waals surface area contributed by atoms with E-state index in [1.807, 2.05) is 0 Å². The minimum atomic E-state index is -4.96. The first-order chi connectivity index (χ1) is 49.0. The van der Waals surface area contributed by atoms with Crippen molar-refractivity contribution in [3.63, 3.8) is 0 Å². The number of rotatable bonds is 82. The van der Waals surface area contributed by atoms with Crippen LogP contribution in [0, 0.1) is 5.92 Å². The van der Waals surface area contributed by atoms with Gasteiger partial charge in [0.05, 0.1) is 26.4 Å². The lowest BCUT2D eigenvalue weighted by Crippen LogP contribution is -2.30. The maximum absolute atomic E-state index is 13.1. The highest BCUT2D eigenvalue weighted by Gasteiger charge is 2.30. The normalized spacial score (nSPS) is 13.8. The maximum Gasteiger partial charge on any atom is 0.472 e. The summed E-state index contributed by atoms with van der Waals surface area (Å²) in [5.41, 5.74) is 0. The van der Waals surface area contributed by atoms with Crippen molar-refractivity contribution in [1.29, 1.82) is 0 Å². The highest BCUT2D eigenvalue weighted by atomic mass is 31.2. The van der Waals surface area contributed by atoms with Gasteiger partial charge in [0.15, 0.2) is 12.2 Å². The van der Waals surface area contributed by atoms with E-state index in [1.54, 1.807) is 0 Å². The van der Waals surface area contributed by atoms with Gasteiger partial charge in [-0.25, -0.2) is 9.13 Å². The number of aliphatic hydroxyl groups excluding tert-OH is 1. The second-order valence-corrected chi connectivity index (χ2v) is 32.9. The molecule has 0 aromatic heterocycles. The molecule has 0 spiro atoms. The number of hydrogen-bond donors (Lipinski definition) is 3. The summed E-state index contributed by atoms with van der Waals surface area (Å²) in [5.74, 6) is -1.29. The van der Waals surface area contributed by atoms with E-state index in [9.17, 15) is 43.2 Å². The molecule has 0 aliphatic rings. The van der Waals surface area contributed by atoms with Crippen molar-refractivity contribution in [3.8, 4) is 0 Å². The molecular formula is C82H160O17P2. The zero-order valence-electron chi connectivity index (χ0n) is 66.1. The predicted molar refractivity (Wildman–Crippen MR) is 414 cm³/mol. The molecule has 0 bridgehead atoms. The Hall–Kier alpha value is -1.94. The Morgan fingerprint density at radius 2 is 0.455 bits per heavy atom. The number of hydrogen-bond acceptors (Lipinski definition) is 15. The van der Waals surface area contributed by atoms with Gasteiger partial charge in [0, 0.05) is 25.7 Å². The van der Waals surface area contributed by atoms with Crippen molar-refractivity contribution in [1.82, 2.24) is 0 Å². The fourth-order valence-corrected chi connectivity index (χ4v) is 14.3. The van der Waals surface area contributed by atoms with Crippen molar-refractivity contribution in [2.75, 3.05) is 39.6 Å². The van der Waals surface area contributed by atoms with Crippen LogP contribution in [0.25, 0.3) is 0 Å². The first-order valence-corrected chi connectivity index (χ1v) is 45.6. The molecule has 0 aliphatic heterocycles. The van der Waals surface area contributed by atoms with Gasteiger partial charge in [-0.2, -0.15) is 0 Å². The standard InChI is InChI=1S/C82H160O17P2/c1-6-9-12-15-18-21-23-25-26-27-28-29-33-36-39-43-46-51-56-61-66-80(85)93-72-78(99-82(87)68-63-58-53-48-44-40-37-34-31-30-32-35-38-41-45-49-54-59-64-75(4)5)74-97-101(90,91)95-70-76(83)69-94-100(88,89)96-73-77(71-92-79(84)65-60-55-50-20-17-14-11-8-3)98-81(86)67-62-57-52-47-42-24-22-19-16-13-10-7-2/h75-78,83H,6-74H2,1-5H3,(H,88,89)(H,90,91)/t76-,77+,78+/m0/s1. The van der Waals surface area contributed by atoms with Crippen molar-refractivity contribution in [3.05, 3.63) is 0 Å². The van der Waals surface area contributed by atoms with Crippen LogP contribution >= 0.6 is 15.6 Å². The summed E-state index contributed by atoms with van der Waals surface area (Å²) in [7, 11) is -9.91. The number of ether oxygens (including phenoxy) is 4. The van der Waals surface area contributed by atoms with Crippen LogP contribution in [0.5, 0.6) is 0 Å². The van der Waals surface area contributed by atoms with Gasteiger partial charge in [-0.3, -0.25) is 37.3 Å². The molecule has 2 unspecified atom stereocenters. The van der Waals surface area contributed by atoms with Crippen LogP contribution in [-0.4, -0.2) is 96.7 Å². The summed E-state index contributed by atoms with van der Waals surface area (Å²) in [4.78, 5) is 72.9. The number of phosphoric ester groups is 2. The Bertz CT molecular complexity index is 1930. The number of aliphatic hydroxyl groups is 1. The predicted octanol–water partition coefficient (Wildman–Crippen LogP) is 24.8. The average molecular weight is 1480 g/mol. The van der Waals surface area contributed by atoms with E-state index in [-0.39, 0.29) is 25.7 Å². The van der Waals surface area contributed by atoms with Crippen LogP contribution in [-0.2, 0) is 65.4 Å². The molecule has 0 amide bonds. The van der Waals surface area contributed by atoms with Gasteiger partial charge in [0.25, 0.3) is 0 Å². The van der Waals surface area contributed by atoms with E-state index in [0.717, 1.165) is 102 Å². The number of phosphoric acid groups is 2. The van der Waals surface area contributed by atoms with Gasteiger partial charge >= 0.3 is 39.5 Å². The zero-order chi connectivity index (χ0) is 74.1. The average Bonchev–Trinajstić information content (AvgIpc) is 0.950. The molecule has 600 valence electrons. The van der Waals surface area contributed by atoms with E-state index in [0.29, 0.717) is 25.7 Å². The van der Waals surface area contributed by atoms with E-state index in [1.165, 1.54) is 257 Å². The second kappa shape index (κ2) is 74.9. The lowest BCUT2D eigenvalue weighted by atomic mass is 10.0. The minimum Gasteiger partial charge on any atom is -0.462 e. The number of carbonyl (C=O) groups excluding carboxylic acids is 4. The molecule has 17 nitrogen and oxygen atoms in total. The first kappa shape index (κ1) is 99.1. The van der Waals surface area contributed by atoms with Crippen molar-refractivity contribution in [2.45, 2.75) is 457 Å². The second-order valence-electron chi connectivity index (χ2n) is 30.0.